The molecule has 144 valence electrons. The average molecular weight is 388 g/mol. The van der Waals surface area contributed by atoms with Crippen LogP contribution in [-0.4, -0.2) is 32.6 Å². The number of fused-ring (bicyclic) bond motifs is 1. The Hall–Kier alpha value is -2.34. The Morgan fingerprint density at radius 2 is 2.00 bits per heavy atom. The van der Waals surface area contributed by atoms with E-state index in [4.69, 9.17) is 14.2 Å². The summed E-state index contributed by atoms with van der Waals surface area (Å²) in [6, 6.07) is 6.85. The van der Waals surface area contributed by atoms with Gasteiger partial charge in [-0.2, -0.15) is 0 Å². The molecule has 0 bridgehead atoms. The largest absolute Gasteiger partial charge is 0.497 e. The molecule has 3 rings (SSSR count). The first-order valence-corrected chi connectivity index (χ1v) is 9.91. The van der Waals surface area contributed by atoms with E-state index in [0.717, 1.165) is 19.3 Å². The smallest absolute Gasteiger partial charge is 0.348 e. The van der Waals surface area contributed by atoms with Crippen LogP contribution in [0, 0.1) is 5.92 Å². The lowest BCUT2D eigenvalue weighted by atomic mass is 9.87. The molecule has 1 aliphatic rings. The molecule has 0 saturated carbocycles. The molecule has 0 aliphatic heterocycles. The summed E-state index contributed by atoms with van der Waals surface area (Å²) >= 11 is 1.49. The van der Waals surface area contributed by atoms with Gasteiger partial charge in [0.05, 0.1) is 19.8 Å². The second-order valence-corrected chi connectivity index (χ2v) is 7.78. The lowest BCUT2D eigenvalue weighted by Gasteiger charge is -2.19. The number of carbonyl (C=O) groups excluding carboxylic acids is 2. The number of methoxy groups -OCH3 is 2. The van der Waals surface area contributed by atoms with Crippen LogP contribution < -0.4 is 9.47 Å². The Balaban J connectivity index is 1.64. The number of aryl methyl sites for hydroxylation is 1. The topological polar surface area (TPSA) is 61.8 Å². The van der Waals surface area contributed by atoms with Gasteiger partial charge in [0.2, 0.25) is 5.78 Å². The minimum Gasteiger partial charge on any atom is -0.497 e. The quantitative estimate of drug-likeness (QED) is 0.522. The van der Waals surface area contributed by atoms with E-state index < -0.39 is 5.97 Å². The maximum Gasteiger partial charge on any atom is 0.348 e. The van der Waals surface area contributed by atoms with E-state index in [0.29, 0.717) is 27.9 Å². The number of carbonyl (C=O) groups is 2. The second-order valence-electron chi connectivity index (χ2n) is 6.64. The van der Waals surface area contributed by atoms with Gasteiger partial charge in [0.25, 0.3) is 0 Å². The van der Waals surface area contributed by atoms with Gasteiger partial charge in [-0.1, -0.05) is 13.3 Å². The first-order valence-electron chi connectivity index (χ1n) is 9.09. The Labute approximate surface area is 163 Å². The number of hydrogen-bond donors (Lipinski definition) is 0. The normalized spacial score (nSPS) is 15.7. The highest BCUT2D eigenvalue weighted by Gasteiger charge is 2.23. The van der Waals surface area contributed by atoms with Crippen molar-refractivity contribution >= 4 is 23.1 Å². The van der Waals surface area contributed by atoms with Crippen molar-refractivity contribution in [1.29, 1.82) is 0 Å². The van der Waals surface area contributed by atoms with Gasteiger partial charge in [-0.15, -0.1) is 11.3 Å². The zero-order chi connectivity index (χ0) is 19.4. The molecule has 0 saturated heterocycles. The molecule has 5 nitrogen and oxygen atoms in total. The molecule has 6 heteroatoms. The summed E-state index contributed by atoms with van der Waals surface area (Å²) in [6.07, 6.45) is 4.38. The van der Waals surface area contributed by atoms with Crippen molar-refractivity contribution in [3.8, 4) is 11.5 Å². The molecule has 27 heavy (non-hydrogen) atoms. The molecular formula is C21H24O5S. The molecule has 1 aliphatic carbocycles. The molecule has 1 aromatic carbocycles. The van der Waals surface area contributed by atoms with Crippen LogP contribution in [-0.2, 0) is 17.6 Å². The van der Waals surface area contributed by atoms with Crippen LogP contribution in [0.15, 0.2) is 24.3 Å². The molecule has 1 aromatic heterocycles. The van der Waals surface area contributed by atoms with Crippen LogP contribution in [0.25, 0.3) is 0 Å². The molecular weight excluding hydrogens is 364 g/mol. The molecule has 0 N–H and O–H groups in total. The van der Waals surface area contributed by atoms with Crippen molar-refractivity contribution in [3.63, 3.8) is 0 Å². The molecule has 0 fully saturated rings. The number of Topliss-reactive ketones (excluding diaryl/α,β-unsaturated/α-hetero) is 1. The third-order valence-electron chi connectivity index (χ3n) is 5.01. The number of rotatable bonds is 7. The number of ether oxygens (including phenoxy) is 3. The van der Waals surface area contributed by atoms with E-state index in [1.54, 1.807) is 25.3 Å². The molecule has 0 spiro atoms. The number of hydrogen-bond acceptors (Lipinski definition) is 6. The first-order chi connectivity index (χ1) is 13.0. The van der Waals surface area contributed by atoms with Crippen LogP contribution in [0.1, 0.15) is 50.2 Å². The predicted molar refractivity (Wildman–Crippen MR) is 104 cm³/mol. The predicted octanol–water partition coefficient (Wildman–Crippen LogP) is 4.32. The minimum atomic E-state index is -0.441. The molecule has 1 atom stereocenters. The molecule has 1 heterocycles. The zero-order valence-electron chi connectivity index (χ0n) is 15.9. The third kappa shape index (κ3) is 4.33. The van der Waals surface area contributed by atoms with Gasteiger partial charge in [0, 0.05) is 10.9 Å². The van der Waals surface area contributed by atoms with Crippen LogP contribution >= 0.6 is 11.3 Å². The Morgan fingerprint density at radius 1 is 1.19 bits per heavy atom. The summed E-state index contributed by atoms with van der Waals surface area (Å²) in [4.78, 5) is 26.7. The van der Waals surface area contributed by atoms with Crippen molar-refractivity contribution in [1.82, 2.24) is 0 Å². The molecule has 0 radical (unpaired) electrons. The zero-order valence-corrected chi connectivity index (χ0v) is 16.7. The summed E-state index contributed by atoms with van der Waals surface area (Å²) in [5.74, 6) is 0.932. The van der Waals surface area contributed by atoms with Crippen molar-refractivity contribution in [3.05, 3.63) is 45.1 Å². The van der Waals surface area contributed by atoms with Crippen LogP contribution in [0.5, 0.6) is 11.5 Å². The van der Waals surface area contributed by atoms with Crippen molar-refractivity contribution in [2.75, 3.05) is 20.8 Å². The summed E-state index contributed by atoms with van der Waals surface area (Å²) < 4.78 is 15.6. The highest BCUT2D eigenvalue weighted by Crippen LogP contribution is 2.34. The van der Waals surface area contributed by atoms with Crippen molar-refractivity contribution < 1.29 is 23.8 Å². The van der Waals surface area contributed by atoms with Gasteiger partial charge in [-0.05, 0) is 48.9 Å². The van der Waals surface area contributed by atoms with E-state index in [-0.39, 0.29) is 12.4 Å². The standard InChI is InChI=1S/C21H24O5S/c1-4-13-5-8-19-14(9-13)10-20(27-19)21(23)26-12-17(22)16-7-6-15(24-2)11-18(16)25-3/h6-7,10-11,13H,4-5,8-9,12H2,1-3H3/t13-/m0/s1. The summed E-state index contributed by atoms with van der Waals surface area (Å²) in [6.45, 7) is 1.89. The number of thiophene rings is 1. The second kappa shape index (κ2) is 8.57. The number of ketones is 1. The third-order valence-corrected chi connectivity index (χ3v) is 6.22. The fraction of sp³-hybridized carbons (Fsp3) is 0.429. The number of benzene rings is 1. The van der Waals surface area contributed by atoms with Crippen LogP contribution in [0.4, 0.5) is 0 Å². The van der Waals surface area contributed by atoms with Crippen LogP contribution in [0.2, 0.25) is 0 Å². The summed E-state index contributed by atoms with van der Waals surface area (Å²) in [7, 11) is 3.03. The highest BCUT2D eigenvalue weighted by atomic mass is 32.1. The fourth-order valence-corrected chi connectivity index (χ4v) is 4.46. The Kier molecular flexibility index (Phi) is 6.16. The highest BCUT2D eigenvalue weighted by molar-refractivity contribution is 7.14. The minimum absolute atomic E-state index is 0.310. The molecule has 2 aromatic rings. The van der Waals surface area contributed by atoms with Gasteiger partial charge in [0.15, 0.2) is 6.61 Å². The lowest BCUT2D eigenvalue weighted by molar-refractivity contribution is 0.0478. The van der Waals surface area contributed by atoms with E-state index in [9.17, 15) is 9.59 Å². The van der Waals surface area contributed by atoms with E-state index in [1.807, 2.05) is 6.07 Å². The van der Waals surface area contributed by atoms with Crippen molar-refractivity contribution in [2.24, 2.45) is 5.92 Å². The van der Waals surface area contributed by atoms with Crippen LogP contribution in [0.3, 0.4) is 0 Å². The Bertz CT molecular complexity index is 839. The SMILES string of the molecule is CC[C@H]1CCc2sc(C(=O)OCC(=O)c3ccc(OC)cc3OC)cc2C1. The van der Waals surface area contributed by atoms with E-state index >= 15 is 0 Å². The fourth-order valence-electron chi connectivity index (χ4n) is 3.36. The van der Waals surface area contributed by atoms with Gasteiger partial charge in [0.1, 0.15) is 16.4 Å². The maximum atomic E-state index is 12.4. The summed E-state index contributed by atoms with van der Waals surface area (Å²) in [5, 5.41) is 0. The molecule has 0 amide bonds. The molecule has 0 unspecified atom stereocenters. The Morgan fingerprint density at radius 3 is 2.70 bits per heavy atom. The summed E-state index contributed by atoms with van der Waals surface area (Å²) in [5.41, 5.74) is 1.62. The van der Waals surface area contributed by atoms with Gasteiger partial charge in [-0.3, -0.25) is 4.79 Å². The van der Waals surface area contributed by atoms with E-state index in [1.165, 1.54) is 35.3 Å². The number of esters is 1. The van der Waals surface area contributed by atoms with E-state index in [2.05, 4.69) is 6.92 Å². The monoisotopic (exact) mass is 388 g/mol. The maximum absolute atomic E-state index is 12.4. The van der Waals surface area contributed by atoms with Gasteiger partial charge in [-0.25, -0.2) is 4.79 Å². The van der Waals surface area contributed by atoms with Gasteiger partial charge >= 0.3 is 5.97 Å². The van der Waals surface area contributed by atoms with Gasteiger partial charge < -0.3 is 14.2 Å². The van der Waals surface area contributed by atoms with Crippen molar-refractivity contribution in [2.45, 2.75) is 32.6 Å². The first kappa shape index (κ1) is 19.4. The average Bonchev–Trinajstić information content (AvgIpc) is 3.14. The lowest BCUT2D eigenvalue weighted by Crippen LogP contribution is -2.14.